The minimum absolute atomic E-state index is 0.263. The van der Waals surface area contributed by atoms with Gasteiger partial charge in [-0.15, -0.1) is 6.58 Å². The van der Waals surface area contributed by atoms with Gasteiger partial charge in [0.2, 0.25) is 0 Å². The molecule has 0 aromatic rings. The highest BCUT2D eigenvalue weighted by Gasteiger charge is 2.14. The van der Waals surface area contributed by atoms with Crippen molar-refractivity contribution in [3.8, 4) is 0 Å². The second-order valence-corrected chi connectivity index (χ2v) is 2.83. The standard InChI is InChI=1S/C10H15NO5.C2H6/c1-3-4-5-6-16-8(12)7-11-9(13)10(14)15-2;1-2/h3H,1,4-7H2,2H3,(H,11,13);1-2H3. The number of hydrogen-bond donors (Lipinski definition) is 1. The summed E-state index contributed by atoms with van der Waals surface area (Å²) < 4.78 is 8.90. The minimum atomic E-state index is -1.04. The van der Waals surface area contributed by atoms with Crippen LogP contribution in [0.2, 0.25) is 0 Å². The highest BCUT2D eigenvalue weighted by molar-refractivity contribution is 6.32. The van der Waals surface area contributed by atoms with E-state index in [1.54, 1.807) is 6.08 Å². The van der Waals surface area contributed by atoms with E-state index in [-0.39, 0.29) is 13.2 Å². The Hall–Kier alpha value is -1.85. The van der Waals surface area contributed by atoms with E-state index in [4.69, 9.17) is 4.74 Å². The maximum absolute atomic E-state index is 11.0. The van der Waals surface area contributed by atoms with Crippen molar-refractivity contribution in [1.29, 1.82) is 0 Å². The molecule has 0 bridgehead atoms. The lowest BCUT2D eigenvalue weighted by atomic mass is 10.3. The summed E-state index contributed by atoms with van der Waals surface area (Å²) in [5, 5.41) is 2.07. The summed E-state index contributed by atoms with van der Waals surface area (Å²) in [6, 6.07) is 0. The van der Waals surface area contributed by atoms with Gasteiger partial charge in [0.15, 0.2) is 0 Å². The van der Waals surface area contributed by atoms with Gasteiger partial charge in [-0.25, -0.2) is 4.79 Å². The van der Waals surface area contributed by atoms with Gasteiger partial charge in [0.05, 0.1) is 13.7 Å². The molecule has 0 aromatic heterocycles. The monoisotopic (exact) mass is 259 g/mol. The summed E-state index contributed by atoms with van der Waals surface area (Å²) >= 11 is 0. The van der Waals surface area contributed by atoms with E-state index in [0.717, 1.165) is 13.5 Å². The molecule has 0 unspecified atom stereocenters. The summed E-state index contributed by atoms with van der Waals surface area (Å²) in [7, 11) is 1.08. The summed E-state index contributed by atoms with van der Waals surface area (Å²) in [4.78, 5) is 32.5. The fourth-order valence-electron chi connectivity index (χ4n) is 0.782. The van der Waals surface area contributed by atoms with Crippen molar-refractivity contribution in [2.75, 3.05) is 20.3 Å². The molecular formula is C12H21NO5. The Morgan fingerprint density at radius 2 is 1.89 bits per heavy atom. The summed E-state index contributed by atoms with van der Waals surface area (Å²) in [5.74, 6) is -2.61. The largest absolute Gasteiger partial charge is 0.464 e. The predicted octanol–water partition coefficient (Wildman–Crippen LogP) is 0.811. The lowest BCUT2D eigenvalue weighted by Crippen LogP contribution is -2.36. The third-order valence-corrected chi connectivity index (χ3v) is 1.58. The molecule has 104 valence electrons. The number of rotatable bonds is 6. The molecule has 0 heterocycles. The molecule has 0 atom stereocenters. The van der Waals surface area contributed by atoms with Crippen molar-refractivity contribution in [3.05, 3.63) is 12.7 Å². The molecule has 0 aromatic carbocycles. The quantitative estimate of drug-likeness (QED) is 0.330. The van der Waals surface area contributed by atoms with Crippen LogP contribution < -0.4 is 5.32 Å². The van der Waals surface area contributed by atoms with Crippen LogP contribution in [0.3, 0.4) is 0 Å². The summed E-state index contributed by atoms with van der Waals surface area (Å²) in [5.41, 5.74) is 0. The maximum atomic E-state index is 11.0. The first-order valence-electron chi connectivity index (χ1n) is 5.74. The van der Waals surface area contributed by atoms with Gasteiger partial charge in [0.1, 0.15) is 6.54 Å². The molecule has 0 saturated carbocycles. The van der Waals surface area contributed by atoms with Crippen LogP contribution in [0.5, 0.6) is 0 Å². The van der Waals surface area contributed by atoms with E-state index in [0.29, 0.717) is 6.42 Å². The Kier molecular flexibility index (Phi) is 13.6. The van der Waals surface area contributed by atoms with Gasteiger partial charge in [0.25, 0.3) is 0 Å². The van der Waals surface area contributed by atoms with Crippen LogP contribution in [0, 0.1) is 0 Å². The van der Waals surface area contributed by atoms with E-state index in [1.807, 2.05) is 13.8 Å². The summed E-state index contributed by atoms with van der Waals surface area (Å²) in [6.07, 6.45) is 3.15. The average molecular weight is 259 g/mol. The van der Waals surface area contributed by atoms with Crippen LogP contribution in [-0.4, -0.2) is 38.1 Å². The predicted molar refractivity (Wildman–Crippen MR) is 66.8 cm³/mol. The number of allylic oxidation sites excluding steroid dienone is 1. The van der Waals surface area contributed by atoms with Crippen molar-refractivity contribution >= 4 is 17.8 Å². The molecule has 0 aliphatic heterocycles. The van der Waals surface area contributed by atoms with E-state index in [1.165, 1.54) is 0 Å². The van der Waals surface area contributed by atoms with Gasteiger partial charge in [-0.3, -0.25) is 9.59 Å². The van der Waals surface area contributed by atoms with E-state index in [2.05, 4.69) is 16.6 Å². The smallest absolute Gasteiger partial charge is 0.396 e. The molecule has 18 heavy (non-hydrogen) atoms. The second kappa shape index (κ2) is 13.2. The summed E-state index contributed by atoms with van der Waals surface area (Å²) in [6.45, 7) is 7.43. The van der Waals surface area contributed by atoms with Gasteiger partial charge in [-0.1, -0.05) is 19.9 Å². The van der Waals surface area contributed by atoms with E-state index in [9.17, 15) is 14.4 Å². The number of carbonyl (C=O) groups is 3. The number of hydrogen-bond acceptors (Lipinski definition) is 5. The lowest BCUT2D eigenvalue weighted by molar-refractivity contribution is -0.153. The molecule has 0 aliphatic rings. The van der Waals surface area contributed by atoms with Gasteiger partial charge in [0, 0.05) is 0 Å². The number of ether oxygens (including phenoxy) is 2. The zero-order valence-corrected chi connectivity index (χ0v) is 11.2. The number of nitrogens with one attached hydrogen (secondary N) is 1. The third-order valence-electron chi connectivity index (χ3n) is 1.58. The number of methoxy groups -OCH3 is 1. The van der Waals surface area contributed by atoms with Crippen LogP contribution in [0.1, 0.15) is 26.7 Å². The Morgan fingerprint density at radius 3 is 2.39 bits per heavy atom. The van der Waals surface area contributed by atoms with Crippen molar-refractivity contribution in [2.24, 2.45) is 0 Å². The topological polar surface area (TPSA) is 81.7 Å². The van der Waals surface area contributed by atoms with Crippen LogP contribution in [0.25, 0.3) is 0 Å². The molecule has 0 fully saturated rings. The SMILES string of the molecule is C=CCCCOC(=O)CNC(=O)C(=O)OC.CC. The Bertz CT molecular complexity index is 276. The Balaban J connectivity index is 0. The highest BCUT2D eigenvalue weighted by atomic mass is 16.5. The fourth-order valence-corrected chi connectivity index (χ4v) is 0.782. The van der Waals surface area contributed by atoms with E-state index < -0.39 is 17.8 Å². The number of esters is 2. The minimum Gasteiger partial charge on any atom is -0.464 e. The Morgan fingerprint density at radius 1 is 1.28 bits per heavy atom. The van der Waals surface area contributed by atoms with Gasteiger partial charge in [-0.2, -0.15) is 0 Å². The first-order valence-corrected chi connectivity index (χ1v) is 5.74. The van der Waals surface area contributed by atoms with Crippen molar-refractivity contribution < 1.29 is 23.9 Å². The van der Waals surface area contributed by atoms with Gasteiger partial charge >= 0.3 is 17.8 Å². The molecule has 0 saturated heterocycles. The zero-order chi connectivity index (χ0) is 14.4. The van der Waals surface area contributed by atoms with Crippen LogP contribution in [0.4, 0.5) is 0 Å². The van der Waals surface area contributed by atoms with Crippen molar-refractivity contribution in [3.63, 3.8) is 0 Å². The molecule has 0 radical (unpaired) electrons. The normalized spacial score (nSPS) is 8.39. The van der Waals surface area contributed by atoms with Crippen molar-refractivity contribution in [2.45, 2.75) is 26.7 Å². The molecule has 0 spiro atoms. The number of amides is 1. The first kappa shape index (κ1) is 18.5. The molecule has 0 aliphatic carbocycles. The lowest BCUT2D eigenvalue weighted by Gasteiger charge is -2.04. The van der Waals surface area contributed by atoms with E-state index >= 15 is 0 Å². The first-order chi connectivity index (χ1) is 8.61. The third kappa shape index (κ3) is 10.7. The van der Waals surface area contributed by atoms with Gasteiger partial charge in [-0.05, 0) is 12.8 Å². The zero-order valence-electron chi connectivity index (χ0n) is 11.2. The molecule has 6 heteroatoms. The average Bonchev–Trinajstić information content (AvgIpc) is 2.42. The number of unbranched alkanes of at least 4 members (excludes halogenated alkanes) is 1. The second-order valence-electron chi connectivity index (χ2n) is 2.83. The van der Waals surface area contributed by atoms with Crippen LogP contribution in [-0.2, 0) is 23.9 Å². The molecule has 1 N–H and O–H groups in total. The van der Waals surface area contributed by atoms with Crippen LogP contribution >= 0.6 is 0 Å². The van der Waals surface area contributed by atoms with Gasteiger partial charge < -0.3 is 14.8 Å². The Labute approximate surface area is 107 Å². The molecule has 6 nitrogen and oxygen atoms in total. The van der Waals surface area contributed by atoms with Crippen molar-refractivity contribution in [1.82, 2.24) is 5.32 Å². The molecule has 0 rings (SSSR count). The van der Waals surface area contributed by atoms with Crippen LogP contribution in [0.15, 0.2) is 12.7 Å². The molecular weight excluding hydrogens is 238 g/mol. The molecule has 1 amide bonds. The maximum Gasteiger partial charge on any atom is 0.396 e. The number of carbonyl (C=O) groups excluding carboxylic acids is 3. The highest BCUT2D eigenvalue weighted by Crippen LogP contribution is 1.90. The fraction of sp³-hybridized carbons (Fsp3) is 0.583.